The van der Waals surface area contributed by atoms with Gasteiger partial charge in [-0.3, -0.25) is 4.79 Å². The Morgan fingerprint density at radius 3 is 2.29 bits per heavy atom. The summed E-state index contributed by atoms with van der Waals surface area (Å²) in [6.45, 7) is 9.19. The zero-order chi connectivity index (χ0) is 18.3. The highest BCUT2D eigenvalue weighted by atomic mass is 16.6. The van der Waals surface area contributed by atoms with Gasteiger partial charge in [0, 0.05) is 11.3 Å². The number of amides is 2. The third-order valence-electron chi connectivity index (χ3n) is 3.49. The van der Waals surface area contributed by atoms with Gasteiger partial charge in [-0.15, -0.1) is 6.42 Å². The number of terminal acetylenes is 1. The van der Waals surface area contributed by atoms with Crippen molar-refractivity contribution in [2.45, 2.75) is 52.7 Å². The molecule has 0 aliphatic heterocycles. The second-order valence-corrected chi connectivity index (χ2v) is 6.72. The molecule has 5 nitrogen and oxygen atoms in total. The van der Waals surface area contributed by atoms with Gasteiger partial charge in [0.25, 0.3) is 0 Å². The van der Waals surface area contributed by atoms with Crippen LogP contribution in [0.25, 0.3) is 0 Å². The lowest BCUT2D eigenvalue weighted by molar-refractivity contribution is -0.119. The molecule has 0 saturated carbocycles. The lowest BCUT2D eigenvalue weighted by Gasteiger charge is -2.26. The molecule has 1 aromatic carbocycles. The van der Waals surface area contributed by atoms with Crippen molar-refractivity contribution >= 4 is 17.7 Å². The Bertz CT molecular complexity index is 609. The summed E-state index contributed by atoms with van der Waals surface area (Å²) in [5.41, 5.74) is 0.739. The molecule has 24 heavy (non-hydrogen) atoms. The Kier molecular flexibility index (Phi) is 6.84. The van der Waals surface area contributed by atoms with Gasteiger partial charge >= 0.3 is 6.09 Å². The summed E-state index contributed by atoms with van der Waals surface area (Å²) in [6.07, 6.45) is 5.45. The summed E-state index contributed by atoms with van der Waals surface area (Å²) in [5.74, 6) is 2.19. The van der Waals surface area contributed by atoms with Gasteiger partial charge in [0.15, 0.2) is 0 Å². The molecule has 130 valence electrons. The summed E-state index contributed by atoms with van der Waals surface area (Å²) in [6, 6.07) is 6.27. The number of rotatable bonds is 5. The Hall–Kier alpha value is -2.48. The molecule has 0 aliphatic rings. The Morgan fingerprint density at radius 1 is 1.25 bits per heavy atom. The Balaban J connectivity index is 2.81. The van der Waals surface area contributed by atoms with Crippen molar-refractivity contribution in [3.05, 3.63) is 29.8 Å². The van der Waals surface area contributed by atoms with Crippen molar-refractivity contribution in [2.24, 2.45) is 5.92 Å². The maximum Gasteiger partial charge on any atom is 0.408 e. The van der Waals surface area contributed by atoms with Crippen molar-refractivity contribution in [2.75, 3.05) is 5.32 Å². The van der Waals surface area contributed by atoms with E-state index >= 15 is 0 Å². The van der Waals surface area contributed by atoms with Crippen molar-refractivity contribution < 1.29 is 14.3 Å². The van der Waals surface area contributed by atoms with Crippen molar-refractivity contribution in [3.63, 3.8) is 0 Å². The molecule has 2 atom stereocenters. The largest absolute Gasteiger partial charge is 0.444 e. The number of anilines is 1. The molecule has 0 aliphatic carbocycles. The first-order valence-electron chi connectivity index (χ1n) is 8.03. The van der Waals surface area contributed by atoms with E-state index in [0.29, 0.717) is 5.69 Å². The number of hydrogen-bond donors (Lipinski definition) is 2. The number of nitrogens with one attached hydrogen (secondary N) is 2. The van der Waals surface area contributed by atoms with Crippen LogP contribution >= 0.6 is 0 Å². The van der Waals surface area contributed by atoms with Gasteiger partial charge < -0.3 is 15.4 Å². The van der Waals surface area contributed by atoms with Crippen LogP contribution < -0.4 is 10.6 Å². The zero-order valence-corrected chi connectivity index (χ0v) is 15.0. The number of hydrogen-bond acceptors (Lipinski definition) is 3. The van der Waals surface area contributed by atoms with Crippen molar-refractivity contribution in [1.29, 1.82) is 0 Å². The topological polar surface area (TPSA) is 67.4 Å². The number of carbonyl (C=O) groups is 2. The quantitative estimate of drug-likeness (QED) is 0.811. The van der Waals surface area contributed by atoms with Crippen LogP contribution in [0.5, 0.6) is 0 Å². The maximum atomic E-state index is 12.5. The second kappa shape index (κ2) is 8.39. The summed E-state index contributed by atoms with van der Waals surface area (Å²) < 4.78 is 5.24. The van der Waals surface area contributed by atoms with Crippen LogP contribution in [-0.4, -0.2) is 23.6 Å². The molecule has 2 N–H and O–H groups in total. The molecule has 0 saturated heterocycles. The molecule has 0 bridgehead atoms. The highest BCUT2D eigenvalue weighted by Crippen LogP contribution is 2.14. The molecule has 0 spiro atoms. The monoisotopic (exact) mass is 330 g/mol. The number of carbonyl (C=O) groups excluding carboxylic acids is 2. The van der Waals surface area contributed by atoms with Crippen LogP contribution in [0.15, 0.2) is 24.3 Å². The predicted octanol–water partition coefficient (Wildman–Crippen LogP) is 3.55. The maximum absolute atomic E-state index is 12.5. The van der Waals surface area contributed by atoms with E-state index in [0.717, 1.165) is 12.0 Å². The smallest absolute Gasteiger partial charge is 0.408 e. The average Bonchev–Trinajstić information content (AvgIpc) is 2.50. The fourth-order valence-corrected chi connectivity index (χ4v) is 2.01. The number of benzene rings is 1. The van der Waals surface area contributed by atoms with E-state index in [9.17, 15) is 9.59 Å². The van der Waals surface area contributed by atoms with Crippen LogP contribution in [0, 0.1) is 18.3 Å². The minimum Gasteiger partial charge on any atom is -0.444 e. The van der Waals surface area contributed by atoms with Crippen LogP contribution in [0.1, 0.15) is 46.6 Å². The molecule has 0 radical (unpaired) electrons. The first-order chi connectivity index (χ1) is 11.2. The van der Waals surface area contributed by atoms with E-state index in [1.807, 2.05) is 13.8 Å². The van der Waals surface area contributed by atoms with Crippen LogP contribution in [0.3, 0.4) is 0 Å². The molecule has 2 amide bonds. The van der Waals surface area contributed by atoms with Crippen molar-refractivity contribution in [1.82, 2.24) is 5.32 Å². The van der Waals surface area contributed by atoms with Gasteiger partial charge in [-0.05, 0) is 51.0 Å². The summed E-state index contributed by atoms with van der Waals surface area (Å²) in [7, 11) is 0. The van der Waals surface area contributed by atoms with Crippen LogP contribution in [-0.2, 0) is 9.53 Å². The minimum absolute atomic E-state index is 0.0394. The standard InChI is InChI=1S/C19H26N2O3/c1-7-13(3)16(21-18(23)24-19(4,5)6)17(22)20-15-11-9-14(8-2)10-12-15/h2,9-13,16H,7H2,1,3-6H3,(H,20,22)(H,21,23)/t13-,16-/m0/s1. The van der Waals surface area contributed by atoms with E-state index in [1.165, 1.54) is 0 Å². The predicted molar refractivity (Wildman–Crippen MR) is 95.6 cm³/mol. The second-order valence-electron chi connectivity index (χ2n) is 6.72. The Labute approximate surface area is 144 Å². The van der Waals surface area contributed by atoms with Gasteiger partial charge in [-0.2, -0.15) is 0 Å². The van der Waals surface area contributed by atoms with E-state index in [-0.39, 0.29) is 11.8 Å². The third kappa shape index (κ3) is 6.33. The van der Waals surface area contributed by atoms with E-state index in [2.05, 4.69) is 16.6 Å². The molecule has 1 aromatic rings. The summed E-state index contributed by atoms with van der Waals surface area (Å²) in [5, 5.41) is 5.46. The van der Waals surface area contributed by atoms with Gasteiger partial charge in [0.1, 0.15) is 11.6 Å². The molecule has 5 heteroatoms. The van der Waals surface area contributed by atoms with Crippen LogP contribution in [0.4, 0.5) is 10.5 Å². The molecule has 0 unspecified atom stereocenters. The number of ether oxygens (including phenoxy) is 1. The van der Waals surface area contributed by atoms with Crippen molar-refractivity contribution in [3.8, 4) is 12.3 Å². The first-order valence-corrected chi connectivity index (χ1v) is 8.03. The van der Waals surface area contributed by atoms with Gasteiger partial charge in [-0.1, -0.05) is 26.2 Å². The molecular formula is C19H26N2O3. The van der Waals surface area contributed by atoms with Gasteiger partial charge in [0.2, 0.25) is 5.91 Å². The lowest BCUT2D eigenvalue weighted by Crippen LogP contribution is -2.49. The fourth-order valence-electron chi connectivity index (χ4n) is 2.01. The van der Waals surface area contributed by atoms with E-state index in [1.54, 1.807) is 45.0 Å². The lowest BCUT2D eigenvalue weighted by atomic mass is 9.98. The molecule has 0 aromatic heterocycles. The van der Waals surface area contributed by atoms with Gasteiger partial charge in [0.05, 0.1) is 0 Å². The van der Waals surface area contributed by atoms with E-state index in [4.69, 9.17) is 11.2 Å². The SMILES string of the molecule is C#Cc1ccc(NC(=O)[C@@H](NC(=O)OC(C)(C)C)[C@@H](C)CC)cc1. The highest BCUT2D eigenvalue weighted by Gasteiger charge is 2.28. The molecule has 1 rings (SSSR count). The molecule has 0 fully saturated rings. The van der Waals surface area contributed by atoms with Gasteiger partial charge in [-0.25, -0.2) is 4.79 Å². The van der Waals surface area contributed by atoms with Crippen LogP contribution in [0.2, 0.25) is 0 Å². The normalized spacial score (nSPS) is 13.3. The fraction of sp³-hybridized carbons (Fsp3) is 0.474. The zero-order valence-electron chi connectivity index (χ0n) is 15.0. The summed E-state index contributed by atoms with van der Waals surface area (Å²) in [4.78, 5) is 24.5. The highest BCUT2D eigenvalue weighted by molar-refractivity contribution is 5.96. The average molecular weight is 330 g/mol. The van der Waals surface area contributed by atoms with E-state index < -0.39 is 17.7 Å². The number of alkyl carbamates (subject to hydrolysis) is 1. The Morgan fingerprint density at radius 2 is 1.83 bits per heavy atom. The third-order valence-corrected chi connectivity index (χ3v) is 3.49. The molecule has 0 heterocycles. The summed E-state index contributed by atoms with van der Waals surface area (Å²) >= 11 is 0. The minimum atomic E-state index is -0.683. The molecular weight excluding hydrogens is 304 g/mol. The first kappa shape index (κ1) is 19.6.